The molecular weight excluding hydrogens is 414 g/mol. The summed E-state index contributed by atoms with van der Waals surface area (Å²) in [5.41, 5.74) is 9.23. The number of nitrogens with two attached hydrogens (primary N) is 1. The van der Waals surface area contributed by atoms with Crippen LogP contribution in [0.3, 0.4) is 0 Å². The summed E-state index contributed by atoms with van der Waals surface area (Å²) >= 11 is 0. The molecule has 4 aliphatic carbocycles. The third-order valence-corrected chi connectivity index (χ3v) is 9.03. The van der Waals surface area contributed by atoms with Crippen molar-refractivity contribution in [2.24, 2.45) is 28.9 Å². The Hall–Kier alpha value is -2.41. The molecule has 4 bridgehead atoms. The molecule has 0 radical (unpaired) electrons. The number of aromatic nitrogens is 2. The van der Waals surface area contributed by atoms with Crippen LogP contribution in [-0.2, 0) is 0 Å². The topological polar surface area (TPSA) is 92.7 Å². The highest BCUT2D eigenvalue weighted by Crippen LogP contribution is 2.59. The van der Waals surface area contributed by atoms with E-state index in [-0.39, 0.29) is 17.2 Å². The predicted octanol–water partition coefficient (Wildman–Crippen LogP) is 3.11. The Morgan fingerprint density at radius 1 is 1.15 bits per heavy atom. The molecule has 5 aliphatic rings. The number of carbonyl (C=O) groups is 2. The number of carbonyl (C=O) groups excluding carboxylic acids is 2. The number of nitrogens with zero attached hydrogens (tertiary/aromatic N) is 3. The van der Waals surface area contributed by atoms with Crippen molar-refractivity contribution >= 4 is 17.5 Å². The van der Waals surface area contributed by atoms with E-state index in [1.807, 2.05) is 23.5 Å². The van der Waals surface area contributed by atoms with Crippen molar-refractivity contribution in [3.05, 3.63) is 34.8 Å². The van der Waals surface area contributed by atoms with E-state index in [0.29, 0.717) is 17.0 Å². The Morgan fingerprint density at radius 2 is 1.82 bits per heavy atom. The second-order valence-corrected chi connectivity index (χ2v) is 11.6. The molecule has 2 aromatic rings. The minimum Gasteiger partial charge on any atom is -0.364 e. The molecule has 5 fully saturated rings. The van der Waals surface area contributed by atoms with Gasteiger partial charge in [0.05, 0.1) is 5.69 Å². The second-order valence-electron chi connectivity index (χ2n) is 11.6. The van der Waals surface area contributed by atoms with E-state index in [0.717, 1.165) is 55.1 Å². The lowest BCUT2D eigenvalue weighted by Crippen LogP contribution is -2.51. The van der Waals surface area contributed by atoms with Crippen molar-refractivity contribution in [2.45, 2.75) is 57.8 Å². The van der Waals surface area contributed by atoms with Gasteiger partial charge in [-0.25, -0.2) is 4.98 Å². The first-order chi connectivity index (χ1) is 15.8. The minimum absolute atomic E-state index is 0.0603. The fraction of sp³-hybridized carbons (Fsp3) is 0.654. The zero-order valence-corrected chi connectivity index (χ0v) is 19.8. The maximum absolute atomic E-state index is 13.7. The summed E-state index contributed by atoms with van der Waals surface area (Å²) in [5, 5.41) is 3.34. The number of rotatable bonds is 5. The summed E-state index contributed by atoms with van der Waals surface area (Å²) in [7, 11) is 2.08. The van der Waals surface area contributed by atoms with Gasteiger partial charge in [-0.15, -0.1) is 0 Å². The number of likely N-dealkylation sites (tertiary alicyclic amines) is 1. The van der Waals surface area contributed by atoms with Crippen molar-refractivity contribution in [1.29, 1.82) is 0 Å². The van der Waals surface area contributed by atoms with Gasteiger partial charge in [0.2, 0.25) is 0 Å². The highest BCUT2D eigenvalue weighted by Gasteiger charge is 2.50. The molecule has 3 N–H and O–H groups in total. The molecule has 0 spiro atoms. The zero-order chi connectivity index (χ0) is 22.9. The Balaban J connectivity index is 1.35. The molecule has 0 aromatic carbocycles. The van der Waals surface area contributed by atoms with Crippen LogP contribution in [0, 0.1) is 30.1 Å². The standard InChI is InChI=1S/C26H35N5O2/c1-15-3-4-20-29-21(24(27)32)23(19-5-6-30(2)13-19)31(20)22(15)25(33)28-14-26-10-16-7-17(11-26)9-18(8-16)12-26/h3-4,16-19H,5-14H2,1-2H3,(H2,27,32)(H,28,33). The Labute approximate surface area is 195 Å². The fourth-order valence-electron chi connectivity index (χ4n) is 8.11. The van der Waals surface area contributed by atoms with Gasteiger partial charge in [0, 0.05) is 19.0 Å². The van der Waals surface area contributed by atoms with Gasteiger partial charge < -0.3 is 16.0 Å². The van der Waals surface area contributed by atoms with Gasteiger partial charge in [0.25, 0.3) is 11.8 Å². The van der Waals surface area contributed by atoms with E-state index in [1.165, 1.54) is 38.5 Å². The van der Waals surface area contributed by atoms with Gasteiger partial charge in [-0.3, -0.25) is 14.0 Å². The Morgan fingerprint density at radius 3 is 2.39 bits per heavy atom. The van der Waals surface area contributed by atoms with Crippen LogP contribution in [0.25, 0.3) is 5.65 Å². The zero-order valence-electron chi connectivity index (χ0n) is 19.8. The lowest BCUT2D eigenvalue weighted by molar-refractivity contribution is -0.0503. The van der Waals surface area contributed by atoms with Crippen LogP contribution < -0.4 is 11.1 Å². The Kier molecular flexibility index (Phi) is 4.84. The first kappa shape index (κ1) is 21.1. The van der Waals surface area contributed by atoms with Gasteiger partial charge in [0.1, 0.15) is 11.3 Å². The van der Waals surface area contributed by atoms with Crippen LogP contribution in [-0.4, -0.2) is 52.8 Å². The number of aryl methyl sites for hydroxylation is 1. The maximum Gasteiger partial charge on any atom is 0.269 e. The van der Waals surface area contributed by atoms with E-state index in [1.54, 1.807) is 0 Å². The van der Waals surface area contributed by atoms with Gasteiger partial charge in [-0.1, -0.05) is 6.07 Å². The normalized spacial score (nSPS) is 33.2. The third kappa shape index (κ3) is 3.47. The molecule has 1 aliphatic heterocycles. The number of nitrogens with one attached hydrogen (secondary N) is 1. The molecule has 4 saturated carbocycles. The predicted molar refractivity (Wildman–Crippen MR) is 126 cm³/mol. The van der Waals surface area contributed by atoms with Crippen molar-refractivity contribution in [1.82, 2.24) is 19.6 Å². The van der Waals surface area contributed by atoms with Crippen molar-refractivity contribution in [2.75, 3.05) is 26.7 Å². The third-order valence-electron chi connectivity index (χ3n) is 9.03. The number of primary amides is 1. The molecule has 3 heterocycles. The van der Waals surface area contributed by atoms with Crippen molar-refractivity contribution < 1.29 is 9.59 Å². The number of hydrogen-bond donors (Lipinski definition) is 2. The van der Waals surface area contributed by atoms with Gasteiger partial charge in [0.15, 0.2) is 5.69 Å². The van der Waals surface area contributed by atoms with Crippen LogP contribution in [0.2, 0.25) is 0 Å². The lowest BCUT2D eigenvalue weighted by Gasteiger charge is -2.56. The summed E-state index contributed by atoms with van der Waals surface area (Å²) in [4.78, 5) is 32.8. The average Bonchev–Trinajstić information content (AvgIpc) is 3.34. The molecule has 7 rings (SSSR count). The van der Waals surface area contributed by atoms with Crippen LogP contribution in [0.5, 0.6) is 0 Å². The molecular formula is C26H35N5O2. The summed E-state index contributed by atoms with van der Waals surface area (Å²) in [6, 6.07) is 3.82. The van der Waals surface area contributed by atoms with Crippen molar-refractivity contribution in [3.8, 4) is 0 Å². The quantitative estimate of drug-likeness (QED) is 0.734. The number of fused-ring (bicyclic) bond motifs is 1. The van der Waals surface area contributed by atoms with E-state index in [9.17, 15) is 9.59 Å². The number of pyridine rings is 1. The summed E-state index contributed by atoms with van der Waals surface area (Å²) in [6.07, 6.45) is 8.91. The second kappa shape index (κ2) is 7.55. The lowest BCUT2D eigenvalue weighted by atomic mass is 9.49. The summed E-state index contributed by atoms with van der Waals surface area (Å²) in [6.45, 7) is 4.50. The largest absolute Gasteiger partial charge is 0.364 e. The van der Waals surface area contributed by atoms with Gasteiger partial charge in [-0.05, 0) is 100 Å². The first-order valence-electron chi connectivity index (χ1n) is 12.6. The molecule has 1 saturated heterocycles. The van der Waals surface area contributed by atoms with E-state index >= 15 is 0 Å². The number of imidazole rings is 1. The van der Waals surface area contributed by atoms with Gasteiger partial charge >= 0.3 is 0 Å². The highest BCUT2D eigenvalue weighted by molar-refractivity contribution is 5.97. The fourth-order valence-corrected chi connectivity index (χ4v) is 8.11. The average molecular weight is 450 g/mol. The SMILES string of the molecule is Cc1ccc2nc(C(N)=O)c(C3CCN(C)C3)n2c1C(=O)NCC12CC3CC(CC(C3)C1)C2. The molecule has 1 atom stereocenters. The van der Waals surface area contributed by atoms with Crippen LogP contribution in [0.4, 0.5) is 0 Å². The van der Waals surface area contributed by atoms with Gasteiger partial charge in [-0.2, -0.15) is 0 Å². The summed E-state index contributed by atoms with van der Waals surface area (Å²) in [5.74, 6) is 2.11. The molecule has 33 heavy (non-hydrogen) atoms. The van der Waals surface area contributed by atoms with Crippen molar-refractivity contribution in [3.63, 3.8) is 0 Å². The smallest absolute Gasteiger partial charge is 0.269 e. The summed E-state index contributed by atoms with van der Waals surface area (Å²) < 4.78 is 1.92. The van der Waals surface area contributed by atoms with E-state index in [2.05, 4.69) is 22.2 Å². The molecule has 1 unspecified atom stereocenters. The van der Waals surface area contributed by atoms with E-state index < -0.39 is 5.91 Å². The Bertz CT molecular complexity index is 1100. The number of likely N-dealkylation sites (N-methyl/N-ethyl adjacent to an activating group) is 1. The van der Waals surface area contributed by atoms with Crippen LogP contribution in [0.1, 0.15) is 83.1 Å². The number of amides is 2. The monoisotopic (exact) mass is 449 g/mol. The molecule has 2 aromatic heterocycles. The molecule has 2 amide bonds. The van der Waals surface area contributed by atoms with E-state index in [4.69, 9.17) is 5.73 Å². The molecule has 7 heteroatoms. The maximum atomic E-state index is 13.7. The van der Waals surface area contributed by atoms with Crippen LogP contribution in [0.15, 0.2) is 12.1 Å². The highest BCUT2D eigenvalue weighted by atomic mass is 16.2. The first-order valence-corrected chi connectivity index (χ1v) is 12.6. The molecule has 176 valence electrons. The number of hydrogen-bond acceptors (Lipinski definition) is 4. The van der Waals surface area contributed by atoms with Crippen LogP contribution >= 0.6 is 0 Å². The minimum atomic E-state index is -0.527. The molecule has 7 nitrogen and oxygen atoms in total.